The van der Waals surface area contributed by atoms with Crippen LogP contribution in [0.15, 0.2) is 18.2 Å². The van der Waals surface area contributed by atoms with Crippen molar-refractivity contribution in [1.82, 2.24) is 0 Å². The molecule has 16 heavy (non-hydrogen) atoms. The first-order chi connectivity index (χ1) is 7.69. The second-order valence-corrected chi connectivity index (χ2v) is 4.00. The average molecular weight is 244 g/mol. The van der Waals surface area contributed by atoms with E-state index in [1.165, 1.54) is 0 Å². The highest BCUT2D eigenvalue weighted by Crippen LogP contribution is 2.27. The first-order valence-corrected chi connectivity index (χ1v) is 5.73. The van der Waals surface area contributed by atoms with Crippen molar-refractivity contribution in [3.05, 3.63) is 28.8 Å². The molecule has 0 spiro atoms. The van der Waals surface area contributed by atoms with E-state index in [9.17, 15) is 0 Å². The normalized spacial score (nSPS) is 12.5. The minimum Gasteiger partial charge on any atom is -0.496 e. The Kier molecular flexibility index (Phi) is 5.60. The van der Waals surface area contributed by atoms with Crippen molar-refractivity contribution in [3.8, 4) is 5.75 Å². The van der Waals surface area contributed by atoms with Gasteiger partial charge in [0, 0.05) is 17.2 Å². The summed E-state index contributed by atoms with van der Waals surface area (Å²) in [6, 6.07) is 5.21. The summed E-state index contributed by atoms with van der Waals surface area (Å²) in [5.41, 5.74) is 6.90. The fraction of sp³-hybridized carbons (Fsp3) is 0.500. The average Bonchev–Trinajstić information content (AvgIpc) is 2.29. The van der Waals surface area contributed by atoms with Gasteiger partial charge in [0.05, 0.1) is 19.8 Å². The summed E-state index contributed by atoms with van der Waals surface area (Å²) in [5.74, 6) is 0.747. The lowest BCUT2D eigenvalue weighted by Crippen LogP contribution is -2.18. The molecule has 1 rings (SSSR count). The maximum Gasteiger partial charge on any atom is 0.123 e. The van der Waals surface area contributed by atoms with Gasteiger partial charge in [-0.3, -0.25) is 0 Å². The highest BCUT2D eigenvalue weighted by Gasteiger charge is 2.12. The quantitative estimate of drug-likeness (QED) is 0.782. The van der Waals surface area contributed by atoms with Crippen molar-refractivity contribution in [1.29, 1.82) is 0 Å². The Balaban J connectivity index is 2.72. The molecule has 0 fully saturated rings. The van der Waals surface area contributed by atoms with E-state index in [0.717, 1.165) is 24.3 Å². The molecule has 0 aliphatic carbocycles. The molecule has 0 amide bonds. The fourth-order valence-electron chi connectivity index (χ4n) is 1.44. The molecule has 3 nitrogen and oxygen atoms in total. The molecule has 0 aliphatic heterocycles. The Morgan fingerprint density at radius 1 is 1.44 bits per heavy atom. The van der Waals surface area contributed by atoms with Crippen LogP contribution in [0, 0.1) is 0 Å². The third-order valence-electron chi connectivity index (χ3n) is 2.24. The lowest BCUT2D eigenvalue weighted by molar-refractivity contribution is 0.121. The minimum atomic E-state index is -0.208. The van der Waals surface area contributed by atoms with E-state index >= 15 is 0 Å². The number of halogens is 1. The monoisotopic (exact) mass is 243 g/mol. The van der Waals surface area contributed by atoms with E-state index in [0.29, 0.717) is 11.6 Å². The van der Waals surface area contributed by atoms with Crippen LogP contribution in [-0.2, 0) is 4.74 Å². The van der Waals surface area contributed by atoms with Crippen LogP contribution in [0.1, 0.15) is 24.9 Å². The van der Waals surface area contributed by atoms with E-state index in [1.807, 2.05) is 12.1 Å². The lowest BCUT2D eigenvalue weighted by atomic mass is 10.1. The molecule has 0 bridgehead atoms. The van der Waals surface area contributed by atoms with Gasteiger partial charge < -0.3 is 15.2 Å². The van der Waals surface area contributed by atoms with Crippen LogP contribution < -0.4 is 10.5 Å². The van der Waals surface area contributed by atoms with Crippen molar-refractivity contribution in [2.75, 3.05) is 20.3 Å². The summed E-state index contributed by atoms with van der Waals surface area (Å²) < 4.78 is 10.6. The number of methoxy groups -OCH3 is 1. The number of hydrogen-bond acceptors (Lipinski definition) is 3. The van der Waals surface area contributed by atoms with Gasteiger partial charge >= 0.3 is 0 Å². The summed E-state index contributed by atoms with van der Waals surface area (Å²) in [4.78, 5) is 0. The maximum absolute atomic E-state index is 6.02. The van der Waals surface area contributed by atoms with Gasteiger partial charge in [-0.25, -0.2) is 0 Å². The Morgan fingerprint density at radius 3 is 2.81 bits per heavy atom. The van der Waals surface area contributed by atoms with E-state index in [2.05, 4.69) is 6.92 Å². The number of ether oxygens (including phenoxy) is 2. The van der Waals surface area contributed by atoms with Crippen molar-refractivity contribution in [3.63, 3.8) is 0 Å². The third kappa shape index (κ3) is 3.67. The molecule has 0 saturated heterocycles. The van der Waals surface area contributed by atoms with Gasteiger partial charge in [0.2, 0.25) is 0 Å². The van der Waals surface area contributed by atoms with Crippen LogP contribution >= 0.6 is 11.6 Å². The third-order valence-corrected chi connectivity index (χ3v) is 2.47. The molecule has 0 aromatic heterocycles. The summed E-state index contributed by atoms with van der Waals surface area (Å²) in [6.07, 6.45) is 0.986. The van der Waals surface area contributed by atoms with Gasteiger partial charge in [-0.1, -0.05) is 18.5 Å². The Hall–Kier alpha value is -0.770. The SMILES string of the molecule is CCCOCC(N)c1cc(Cl)ccc1OC. The first kappa shape index (κ1) is 13.3. The Bertz CT molecular complexity index is 331. The number of nitrogens with two attached hydrogens (primary N) is 1. The maximum atomic E-state index is 6.02. The lowest BCUT2D eigenvalue weighted by Gasteiger charge is -2.16. The Morgan fingerprint density at radius 2 is 2.19 bits per heavy atom. The zero-order chi connectivity index (χ0) is 12.0. The zero-order valence-corrected chi connectivity index (χ0v) is 10.5. The zero-order valence-electron chi connectivity index (χ0n) is 9.70. The van der Waals surface area contributed by atoms with E-state index in [4.69, 9.17) is 26.8 Å². The molecule has 2 N–H and O–H groups in total. The van der Waals surface area contributed by atoms with E-state index in [-0.39, 0.29) is 6.04 Å². The first-order valence-electron chi connectivity index (χ1n) is 5.35. The van der Waals surface area contributed by atoms with Gasteiger partial charge in [0.25, 0.3) is 0 Å². The van der Waals surface area contributed by atoms with Gasteiger partial charge in [0.15, 0.2) is 0 Å². The largest absolute Gasteiger partial charge is 0.496 e. The molecule has 0 heterocycles. The fourth-order valence-corrected chi connectivity index (χ4v) is 1.62. The molecule has 1 unspecified atom stereocenters. The van der Waals surface area contributed by atoms with Gasteiger partial charge in [-0.15, -0.1) is 0 Å². The standard InChI is InChI=1S/C12H18ClNO2/c1-3-6-16-8-11(14)10-7-9(13)4-5-12(10)15-2/h4-5,7,11H,3,6,8,14H2,1-2H3. The van der Waals surface area contributed by atoms with Gasteiger partial charge in [-0.05, 0) is 24.6 Å². The molecular weight excluding hydrogens is 226 g/mol. The molecule has 0 aliphatic rings. The molecule has 1 aromatic rings. The summed E-state index contributed by atoms with van der Waals surface area (Å²) in [6.45, 7) is 3.26. The highest BCUT2D eigenvalue weighted by atomic mass is 35.5. The molecule has 1 atom stereocenters. The summed E-state index contributed by atoms with van der Waals surface area (Å²) in [5, 5.41) is 0.654. The van der Waals surface area contributed by atoms with E-state index in [1.54, 1.807) is 13.2 Å². The van der Waals surface area contributed by atoms with Crippen molar-refractivity contribution >= 4 is 11.6 Å². The van der Waals surface area contributed by atoms with Crippen molar-refractivity contribution in [2.24, 2.45) is 5.73 Å². The van der Waals surface area contributed by atoms with Crippen LogP contribution in [0.3, 0.4) is 0 Å². The number of benzene rings is 1. The van der Waals surface area contributed by atoms with Crippen LogP contribution in [0.4, 0.5) is 0 Å². The predicted octanol–water partition coefficient (Wildman–Crippen LogP) is 2.78. The highest BCUT2D eigenvalue weighted by molar-refractivity contribution is 6.30. The van der Waals surface area contributed by atoms with Crippen molar-refractivity contribution in [2.45, 2.75) is 19.4 Å². The number of rotatable bonds is 6. The smallest absolute Gasteiger partial charge is 0.123 e. The van der Waals surface area contributed by atoms with E-state index < -0.39 is 0 Å². The van der Waals surface area contributed by atoms with Gasteiger partial charge in [-0.2, -0.15) is 0 Å². The molecular formula is C12H18ClNO2. The van der Waals surface area contributed by atoms with Crippen LogP contribution in [-0.4, -0.2) is 20.3 Å². The summed E-state index contributed by atoms with van der Waals surface area (Å²) in [7, 11) is 1.62. The summed E-state index contributed by atoms with van der Waals surface area (Å²) >= 11 is 5.93. The Labute approximate surface area is 101 Å². The second kappa shape index (κ2) is 6.74. The van der Waals surface area contributed by atoms with Gasteiger partial charge in [0.1, 0.15) is 5.75 Å². The van der Waals surface area contributed by atoms with Crippen LogP contribution in [0.25, 0.3) is 0 Å². The topological polar surface area (TPSA) is 44.5 Å². The van der Waals surface area contributed by atoms with Crippen LogP contribution in [0.2, 0.25) is 5.02 Å². The molecule has 0 radical (unpaired) electrons. The second-order valence-electron chi connectivity index (χ2n) is 3.57. The minimum absolute atomic E-state index is 0.208. The molecule has 90 valence electrons. The van der Waals surface area contributed by atoms with Crippen LogP contribution in [0.5, 0.6) is 5.75 Å². The molecule has 1 aromatic carbocycles. The number of hydrogen-bond donors (Lipinski definition) is 1. The molecule has 4 heteroatoms. The predicted molar refractivity (Wildman–Crippen MR) is 66.0 cm³/mol. The molecule has 0 saturated carbocycles. The van der Waals surface area contributed by atoms with Crippen molar-refractivity contribution < 1.29 is 9.47 Å².